The number of ether oxygens (including phenoxy) is 3. The fourth-order valence-electron chi connectivity index (χ4n) is 2.09. The van der Waals surface area contributed by atoms with Crippen molar-refractivity contribution in [3.05, 3.63) is 47.0 Å². The second-order valence-corrected chi connectivity index (χ2v) is 5.48. The molecule has 0 aliphatic rings. The fraction of sp³-hybridized carbons (Fsp3) is 0.222. The third-order valence-electron chi connectivity index (χ3n) is 3.38. The van der Waals surface area contributed by atoms with E-state index in [0.29, 0.717) is 33.5 Å². The Morgan fingerprint density at radius 2 is 1.92 bits per heavy atom. The molecule has 7 heteroatoms. The topological polar surface area (TPSA) is 80.6 Å². The van der Waals surface area contributed by atoms with Gasteiger partial charge in [0.1, 0.15) is 17.2 Å². The van der Waals surface area contributed by atoms with Gasteiger partial charge in [-0.05, 0) is 25.1 Å². The minimum Gasteiger partial charge on any atom is -0.495 e. The van der Waals surface area contributed by atoms with E-state index in [9.17, 15) is 4.79 Å². The first-order chi connectivity index (χ1) is 12.0. The number of nitrogens with one attached hydrogen (secondary N) is 1. The van der Waals surface area contributed by atoms with Crippen LogP contribution in [0, 0.1) is 11.3 Å². The van der Waals surface area contributed by atoms with E-state index >= 15 is 0 Å². The van der Waals surface area contributed by atoms with E-state index in [0.717, 1.165) is 0 Å². The van der Waals surface area contributed by atoms with E-state index in [2.05, 4.69) is 5.32 Å². The number of carbonyl (C=O) groups excluding carboxylic acids is 1. The van der Waals surface area contributed by atoms with Gasteiger partial charge >= 0.3 is 0 Å². The summed E-state index contributed by atoms with van der Waals surface area (Å²) in [6.07, 6.45) is -0.791. The Hall–Kier alpha value is -2.91. The molecule has 0 heterocycles. The van der Waals surface area contributed by atoms with Gasteiger partial charge in [0.05, 0.1) is 36.6 Å². The Kier molecular flexibility index (Phi) is 6.09. The first-order valence-corrected chi connectivity index (χ1v) is 7.75. The van der Waals surface area contributed by atoms with Gasteiger partial charge in [0.2, 0.25) is 0 Å². The van der Waals surface area contributed by atoms with E-state index in [1.54, 1.807) is 43.3 Å². The number of anilines is 1. The van der Waals surface area contributed by atoms with E-state index in [4.69, 9.17) is 31.1 Å². The molecule has 1 N–H and O–H groups in total. The molecule has 1 atom stereocenters. The number of halogens is 1. The van der Waals surface area contributed by atoms with Crippen molar-refractivity contribution in [2.75, 3.05) is 19.5 Å². The van der Waals surface area contributed by atoms with Gasteiger partial charge in [0, 0.05) is 12.1 Å². The van der Waals surface area contributed by atoms with Crippen LogP contribution in [0.15, 0.2) is 36.4 Å². The summed E-state index contributed by atoms with van der Waals surface area (Å²) in [6.45, 7) is 1.61. The third-order valence-corrected chi connectivity index (χ3v) is 3.67. The van der Waals surface area contributed by atoms with Gasteiger partial charge in [-0.15, -0.1) is 0 Å². The summed E-state index contributed by atoms with van der Waals surface area (Å²) < 4.78 is 16.0. The number of nitriles is 1. The van der Waals surface area contributed by atoms with Crippen molar-refractivity contribution in [3.8, 4) is 23.3 Å². The number of hydrogen-bond acceptors (Lipinski definition) is 5. The molecule has 1 amide bonds. The highest BCUT2D eigenvalue weighted by atomic mass is 35.5. The summed E-state index contributed by atoms with van der Waals surface area (Å²) in [4.78, 5) is 12.4. The smallest absolute Gasteiger partial charge is 0.265 e. The highest BCUT2D eigenvalue weighted by Crippen LogP contribution is 2.36. The second-order valence-electron chi connectivity index (χ2n) is 5.08. The van der Waals surface area contributed by atoms with Gasteiger partial charge in [-0.3, -0.25) is 4.79 Å². The largest absolute Gasteiger partial charge is 0.495 e. The minimum atomic E-state index is -0.791. The van der Waals surface area contributed by atoms with Crippen LogP contribution in [-0.2, 0) is 4.79 Å². The van der Waals surface area contributed by atoms with Gasteiger partial charge in [-0.1, -0.05) is 17.7 Å². The quantitative estimate of drug-likeness (QED) is 0.850. The average Bonchev–Trinajstić information content (AvgIpc) is 2.62. The zero-order chi connectivity index (χ0) is 18.4. The van der Waals surface area contributed by atoms with Crippen molar-refractivity contribution in [1.82, 2.24) is 0 Å². The third kappa shape index (κ3) is 4.55. The molecule has 2 aromatic rings. The van der Waals surface area contributed by atoms with Crippen LogP contribution in [0.1, 0.15) is 12.5 Å². The van der Waals surface area contributed by atoms with Crippen molar-refractivity contribution >= 4 is 23.2 Å². The Bertz CT molecular complexity index is 817. The number of rotatable bonds is 6. The van der Waals surface area contributed by atoms with Gasteiger partial charge in [-0.2, -0.15) is 5.26 Å². The molecule has 0 bridgehead atoms. The average molecular weight is 361 g/mol. The number of carbonyl (C=O) groups is 1. The highest BCUT2D eigenvalue weighted by molar-refractivity contribution is 6.32. The Labute approximate surface area is 150 Å². The SMILES string of the molecule is COc1cc(NC(=O)C(C)Oc2cccc(C#N)c2)c(OC)cc1Cl. The molecule has 0 spiro atoms. The van der Waals surface area contributed by atoms with Gasteiger partial charge < -0.3 is 19.5 Å². The molecule has 6 nitrogen and oxygen atoms in total. The fourth-order valence-corrected chi connectivity index (χ4v) is 2.32. The molecule has 2 rings (SSSR count). The standard InChI is InChI=1S/C18H17ClN2O4/c1-11(25-13-6-4-5-12(7-13)10-20)18(22)21-15-9-16(23-2)14(19)8-17(15)24-3/h4-9,11H,1-3H3,(H,21,22). The highest BCUT2D eigenvalue weighted by Gasteiger charge is 2.18. The van der Waals surface area contributed by atoms with Crippen molar-refractivity contribution < 1.29 is 19.0 Å². The maximum absolute atomic E-state index is 12.4. The number of benzene rings is 2. The van der Waals surface area contributed by atoms with Crippen molar-refractivity contribution in [3.63, 3.8) is 0 Å². The maximum atomic E-state index is 12.4. The lowest BCUT2D eigenvalue weighted by Gasteiger charge is -2.17. The van der Waals surface area contributed by atoms with Crippen LogP contribution in [0.3, 0.4) is 0 Å². The maximum Gasteiger partial charge on any atom is 0.265 e. The molecule has 0 aliphatic heterocycles. The van der Waals surface area contributed by atoms with Crippen molar-refractivity contribution in [2.45, 2.75) is 13.0 Å². The number of hydrogen-bond donors (Lipinski definition) is 1. The molecule has 2 aromatic carbocycles. The molecule has 0 aromatic heterocycles. The predicted molar refractivity (Wildman–Crippen MR) is 94.4 cm³/mol. The molecular weight excluding hydrogens is 344 g/mol. The van der Waals surface area contributed by atoms with Crippen molar-refractivity contribution in [1.29, 1.82) is 5.26 Å². The molecule has 0 saturated carbocycles. The zero-order valence-corrected chi connectivity index (χ0v) is 14.8. The molecular formula is C18H17ClN2O4. The van der Waals surface area contributed by atoms with Crippen molar-refractivity contribution in [2.24, 2.45) is 0 Å². The molecule has 0 radical (unpaired) electrons. The van der Waals surface area contributed by atoms with E-state index < -0.39 is 6.10 Å². The van der Waals surface area contributed by atoms with Crippen LogP contribution in [-0.4, -0.2) is 26.2 Å². The summed E-state index contributed by atoms with van der Waals surface area (Å²) in [5, 5.41) is 12.0. The summed E-state index contributed by atoms with van der Waals surface area (Å²) in [5.74, 6) is 0.860. The van der Waals surface area contributed by atoms with E-state index in [-0.39, 0.29) is 5.91 Å². The number of methoxy groups -OCH3 is 2. The van der Waals surface area contributed by atoms with Gasteiger partial charge in [0.15, 0.2) is 6.10 Å². The molecule has 25 heavy (non-hydrogen) atoms. The first-order valence-electron chi connectivity index (χ1n) is 7.37. The van der Waals surface area contributed by atoms with Crippen LogP contribution in [0.25, 0.3) is 0 Å². The van der Waals surface area contributed by atoms with Crippen LogP contribution in [0.5, 0.6) is 17.2 Å². The molecule has 1 unspecified atom stereocenters. The summed E-state index contributed by atoms with van der Waals surface area (Å²) in [6, 6.07) is 11.7. The minimum absolute atomic E-state index is 0.370. The first kappa shape index (κ1) is 18.4. The summed E-state index contributed by atoms with van der Waals surface area (Å²) >= 11 is 6.05. The molecule has 130 valence electrons. The lowest BCUT2D eigenvalue weighted by Crippen LogP contribution is -2.30. The molecule has 0 fully saturated rings. The summed E-state index contributed by atoms with van der Waals surface area (Å²) in [5.41, 5.74) is 0.865. The van der Waals surface area contributed by atoms with E-state index in [1.807, 2.05) is 6.07 Å². The Morgan fingerprint density at radius 1 is 1.20 bits per heavy atom. The summed E-state index contributed by atoms with van der Waals surface area (Å²) in [7, 11) is 2.95. The Morgan fingerprint density at radius 3 is 2.56 bits per heavy atom. The second kappa shape index (κ2) is 8.27. The van der Waals surface area contributed by atoms with Crippen LogP contribution >= 0.6 is 11.6 Å². The molecule has 0 aliphatic carbocycles. The predicted octanol–water partition coefficient (Wildman–Crippen LogP) is 3.63. The Balaban J connectivity index is 2.14. The van der Waals surface area contributed by atoms with Crippen LogP contribution in [0.4, 0.5) is 5.69 Å². The zero-order valence-electron chi connectivity index (χ0n) is 14.0. The number of amides is 1. The van der Waals surface area contributed by atoms with Crippen LogP contribution in [0.2, 0.25) is 5.02 Å². The normalized spacial score (nSPS) is 11.2. The van der Waals surface area contributed by atoms with Gasteiger partial charge in [-0.25, -0.2) is 0 Å². The van der Waals surface area contributed by atoms with Crippen LogP contribution < -0.4 is 19.5 Å². The lowest BCUT2D eigenvalue weighted by atomic mass is 10.2. The number of nitrogens with zero attached hydrogens (tertiary/aromatic N) is 1. The van der Waals surface area contributed by atoms with E-state index in [1.165, 1.54) is 14.2 Å². The lowest BCUT2D eigenvalue weighted by molar-refractivity contribution is -0.122. The monoisotopic (exact) mass is 360 g/mol. The van der Waals surface area contributed by atoms with Gasteiger partial charge in [0.25, 0.3) is 5.91 Å². The molecule has 0 saturated heterocycles.